The van der Waals surface area contributed by atoms with E-state index in [9.17, 15) is 9.59 Å². The molecule has 90 valence electrons. The second kappa shape index (κ2) is 5.68. The first kappa shape index (κ1) is 12.7. The number of methoxy groups -OCH3 is 1. The van der Waals surface area contributed by atoms with Crippen molar-refractivity contribution in [3.05, 3.63) is 11.8 Å². The van der Waals surface area contributed by atoms with Gasteiger partial charge in [-0.3, -0.25) is 14.5 Å². The average molecular weight is 225 g/mol. The fraction of sp³-hybridized carbons (Fsp3) is 0.667. The van der Waals surface area contributed by atoms with E-state index >= 15 is 0 Å². The summed E-state index contributed by atoms with van der Waals surface area (Å²) in [5, 5.41) is 0. The van der Waals surface area contributed by atoms with Crippen LogP contribution in [0.3, 0.4) is 0 Å². The molecule has 0 N–H and O–H groups in total. The number of nitrogens with zero attached hydrogens (tertiary/aromatic N) is 1. The van der Waals surface area contributed by atoms with Gasteiger partial charge in [0.2, 0.25) is 5.91 Å². The molecule has 4 nitrogen and oxygen atoms in total. The molecule has 0 saturated heterocycles. The first-order valence-corrected chi connectivity index (χ1v) is 5.73. The van der Waals surface area contributed by atoms with Gasteiger partial charge in [-0.15, -0.1) is 0 Å². The molecule has 1 unspecified atom stereocenters. The molecule has 0 fully saturated rings. The molecule has 0 aromatic rings. The number of carbonyl (C=O) groups excluding carboxylic acids is 2. The van der Waals surface area contributed by atoms with Crippen LogP contribution < -0.4 is 0 Å². The summed E-state index contributed by atoms with van der Waals surface area (Å²) in [7, 11) is 1.51. The largest absolute Gasteiger partial charge is 0.499 e. The van der Waals surface area contributed by atoms with Gasteiger partial charge in [0.05, 0.1) is 13.2 Å². The summed E-state index contributed by atoms with van der Waals surface area (Å²) in [6.45, 7) is 3.89. The second-order valence-electron chi connectivity index (χ2n) is 3.99. The predicted molar refractivity (Wildman–Crippen MR) is 60.5 cm³/mol. The van der Waals surface area contributed by atoms with E-state index in [-0.39, 0.29) is 17.9 Å². The van der Waals surface area contributed by atoms with E-state index in [1.807, 2.05) is 0 Å². The highest BCUT2D eigenvalue weighted by Gasteiger charge is 2.34. The van der Waals surface area contributed by atoms with Crippen LogP contribution in [0.2, 0.25) is 0 Å². The van der Waals surface area contributed by atoms with Crippen LogP contribution in [-0.4, -0.2) is 29.9 Å². The predicted octanol–water partition coefficient (Wildman–Crippen LogP) is 1.85. The molecule has 0 bridgehead atoms. The normalized spacial score (nSPS) is 19.9. The number of rotatable bonds is 5. The Kier molecular flexibility index (Phi) is 4.52. The zero-order chi connectivity index (χ0) is 12.1. The molecule has 1 rings (SSSR count). The molecule has 1 aliphatic heterocycles. The molecule has 16 heavy (non-hydrogen) atoms. The van der Waals surface area contributed by atoms with Gasteiger partial charge in [-0.05, 0) is 13.3 Å². The topological polar surface area (TPSA) is 46.6 Å². The number of unbranched alkanes of at least 4 members (excludes halogenated alkanes) is 2. The molecule has 0 aromatic heterocycles. The lowest BCUT2D eigenvalue weighted by Crippen LogP contribution is -2.38. The van der Waals surface area contributed by atoms with Crippen molar-refractivity contribution in [2.45, 2.75) is 45.6 Å². The summed E-state index contributed by atoms with van der Waals surface area (Å²) in [6.07, 6.45) is 4.76. The third kappa shape index (κ3) is 2.62. The van der Waals surface area contributed by atoms with E-state index in [0.717, 1.165) is 19.3 Å². The van der Waals surface area contributed by atoms with E-state index in [1.54, 1.807) is 6.92 Å². The van der Waals surface area contributed by atoms with Crippen LogP contribution in [0.25, 0.3) is 0 Å². The van der Waals surface area contributed by atoms with Gasteiger partial charge in [0.25, 0.3) is 5.91 Å². The Labute approximate surface area is 96.3 Å². The van der Waals surface area contributed by atoms with Crippen molar-refractivity contribution >= 4 is 11.8 Å². The highest BCUT2D eigenvalue weighted by atomic mass is 16.5. The third-order valence-electron chi connectivity index (χ3n) is 2.80. The lowest BCUT2D eigenvalue weighted by atomic mass is 10.2. The molecule has 4 heteroatoms. The summed E-state index contributed by atoms with van der Waals surface area (Å²) >= 11 is 0. The molecule has 0 saturated carbocycles. The number of ether oxygens (including phenoxy) is 1. The summed E-state index contributed by atoms with van der Waals surface area (Å²) < 4.78 is 5.05. The SMILES string of the molecule is CCCCCC(=O)N1C(=O)C=C(OC)C1C. The standard InChI is InChI=1S/C12H19NO3/c1-4-5-6-7-11(14)13-9(2)10(16-3)8-12(13)15/h8-9H,4-7H2,1-3H3. The van der Waals surface area contributed by atoms with Crippen LogP contribution in [0.1, 0.15) is 39.5 Å². The van der Waals surface area contributed by atoms with Crippen LogP contribution in [0.4, 0.5) is 0 Å². The molecule has 1 atom stereocenters. The number of hydrogen-bond acceptors (Lipinski definition) is 3. The quantitative estimate of drug-likeness (QED) is 0.671. The summed E-state index contributed by atoms with van der Waals surface area (Å²) in [4.78, 5) is 24.7. The Balaban J connectivity index is 2.55. The molecule has 1 aliphatic rings. The van der Waals surface area contributed by atoms with E-state index in [0.29, 0.717) is 12.2 Å². The Bertz CT molecular complexity index is 309. The maximum Gasteiger partial charge on any atom is 0.257 e. The maximum atomic E-state index is 11.8. The molecule has 0 spiro atoms. The molecular weight excluding hydrogens is 206 g/mol. The molecule has 0 radical (unpaired) electrons. The molecular formula is C12H19NO3. The molecule has 1 heterocycles. The molecule has 2 amide bonds. The Morgan fingerprint density at radius 1 is 1.50 bits per heavy atom. The average Bonchev–Trinajstić information content (AvgIpc) is 2.54. The zero-order valence-electron chi connectivity index (χ0n) is 10.2. The van der Waals surface area contributed by atoms with Gasteiger partial charge in [-0.25, -0.2) is 0 Å². The van der Waals surface area contributed by atoms with Gasteiger partial charge in [0, 0.05) is 12.5 Å². The summed E-state index contributed by atoms with van der Waals surface area (Å²) in [5.74, 6) is 0.203. The second-order valence-corrected chi connectivity index (χ2v) is 3.99. The van der Waals surface area contributed by atoms with E-state index in [2.05, 4.69) is 6.92 Å². The van der Waals surface area contributed by atoms with Gasteiger partial charge < -0.3 is 4.74 Å². The lowest BCUT2D eigenvalue weighted by Gasteiger charge is -2.21. The minimum absolute atomic E-state index is 0.103. The smallest absolute Gasteiger partial charge is 0.257 e. The lowest BCUT2D eigenvalue weighted by molar-refractivity contribution is -0.142. The van der Waals surface area contributed by atoms with Crippen LogP contribution in [0.15, 0.2) is 11.8 Å². The number of imide groups is 1. The monoisotopic (exact) mass is 225 g/mol. The van der Waals surface area contributed by atoms with E-state index < -0.39 is 0 Å². The van der Waals surface area contributed by atoms with Crippen LogP contribution in [-0.2, 0) is 14.3 Å². The Morgan fingerprint density at radius 2 is 2.19 bits per heavy atom. The highest BCUT2D eigenvalue weighted by Crippen LogP contribution is 2.21. The van der Waals surface area contributed by atoms with Crippen molar-refractivity contribution in [1.29, 1.82) is 0 Å². The summed E-state index contributed by atoms with van der Waals surface area (Å²) in [5.41, 5.74) is 0. The number of carbonyl (C=O) groups is 2. The van der Waals surface area contributed by atoms with Crippen molar-refractivity contribution in [3.63, 3.8) is 0 Å². The highest BCUT2D eigenvalue weighted by molar-refractivity contribution is 6.04. The van der Waals surface area contributed by atoms with Gasteiger partial charge in [-0.1, -0.05) is 19.8 Å². The van der Waals surface area contributed by atoms with Crippen molar-refractivity contribution in [1.82, 2.24) is 4.90 Å². The summed E-state index contributed by atoms with van der Waals surface area (Å²) in [6, 6.07) is -0.258. The first-order chi connectivity index (χ1) is 7.61. The van der Waals surface area contributed by atoms with Gasteiger partial charge in [0.1, 0.15) is 5.76 Å². The minimum Gasteiger partial charge on any atom is -0.499 e. The van der Waals surface area contributed by atoms with Crippen LogP contribution >= 0.6 is 0 Å². The van der Waals surface area contributed by atoms with Gasteiger partial charge >= 0.3 is 0 Å². The van der Waals surface area contributed by atoms with Crippen molar-refractivity contribution in [3.8, 4) is 0 Å². The fourth-order valence-corrected chi connectivity index (χ4v) is 1.84. The maximum absolute atomic E-state index is 11.8. The number of hydrogen-bond donors (Lipinski definition) is 0. The van der Waals surface area contributed by atoms with Crippen molar-refractivity contribution in [2.24, 2.45) is 0 Å². The van der Waals surface area contributed by atoms with Gasteiger partial charge in [0.15, 0.2) is 0 Å². The van der Waals surface area contributed by atoms with Crippen LogP contribution in [0.5, 0.6) is 0 Å². The van der Waals surface area contributed by atoms with Crippen molar-refractivity contribution < 1.29 is 14.3 Å². The zero-order valence-corrected chi connectivity index (χ0v) is 10.2. The molecule has 0 aromatic carbocycles. The molecule has 0 aliphatic carbocycles. The van der Waals surface area contributed by atoms with Crippen molar-refractivity contribution in [2.75, 3.05) is 7.11 Å². The Hall–Kier alpha value is -1.32. The van der Waals surface area contributed by atoms with Gasteiger partial charge in [-0.2, -0.15) is 0 Å². The van der Waals surface area contributed by atoms with E-state index in [4.69, 9.17) is 4.74 Å². The Morgan fingerprint density at radius 3 is 2.69 bits per heavy atom. The fourth-order valence-electron chi connectivity index (χ4n) is 1.84. The van der Waals surface area contributed by atoms with Crippen LogP contribution in [0, 0.1) is 0 Å². The minimum atomic E-state index is -0.258. The van der Waals surface area contributed by atoms with E-state index in [1.165, 1.54) is 18.1 Å². The number of amides is 2. The first-order valence-electron chi connectivity index (χ1n) is 5.73. The third-order valence-corrected chi connectivity index (χ3v) is 2.80.